The van der Waals surface area contributed by atoms with Crippen LogP contribution in [0, 0.1) is 0 Å². The molecule has 1 aliphatic carbocycles. The van der Waals surface area contributed by atoms with Gasteiger partial charge >= 0.3 is 5.97 Å². The first-order valence-electron chi connectivity index (χ1n) is 11.6. The van der Waals surface area contributed by atoms with Gasteiger partial charge in [-0.05, 0) is 58.7 Å². The van der Waals surface area contributed by atoms with Gasteiger partial charge in [-0.2, -0.15) is 0 Å². The molecule has 4 nitrogen and oxygen atoms in total. The molecule has 0 aliphatic heterocycles. The standard InChI is InChI=1S/C30H27NO3/c32-30(33)24-14-12-21(13-15-24)16-22(19-31-27-17-25-7-1-2-8-26(25)18-27)20-34-29-11-5-9-23-6-3-4-10-28(23)29/h1-16,27,31H,17-20H2,(H,32,33). The monoisotopic (exact) mass is 449 g/mol. The van der Waals surface area contributed by atoms with Crippen LogP contribution in [0.3, 0.4) is 0 Å². The largest absolute Gasteiger partial charge is 0.489 e. The molecule has 170 valence electrons. The number of hydrogen-bond donors (Lipinski definition) is 2. The molecular weight excluding hydrogens is 422 g/mol. The summed E-state index contributed by atoms with van der Waals surface area (Å²) >= 11 is 0. The summed E-state index contributed by atoms with van der Waals surface area (Å²) in [7, 11) is 0. The van der Waals surface area contributed by atoms with E-state index in [9.17, 15) is 9.90 Å². The van der Waals surface area contributed by atoms with Crippen LogP contribution in [0.5, 0.6) is 5.75 Å². The summed E-state index contributed by atoms with van der Waals surface area (Å²) in [4.78, 5) is 11.2. The number of carboxylic acids is 1. The van der Waals surface area contributed by atoms with Crippen molar-refractivity contribution in [3.8, 4) is 5.75 Å². The Hall–Kier alpha value is -3.89. The van der Waals surface area contributed by atoms with Gasteiger partial charge in [0.15, 0.2) is 0 Å². The fraction of sp³-hybridized carbons (Fsp3) is 0.167. The Kier molecular flexibility index (Phi) is 6.41. The van der Waals surface area contributed by atoms with Gasteiger partial charge in [-0.3, -0.25) is 0 Å². The second-order valence-electron chi connectivity index (χ2n) is 8.75. The number of hydrogen-bond acceptors (Lipinski definition) is 3. The molecule has 0 unspecified atom stereocenters. The van der Waals surface area contributed by atoms with Crippen molar-refractivity contribution in [3.63, 3.8) is 0 Å². The minimum atomic E-state index is -0.919. The zero-order valence-corrected chi connectivity index (χ0v) is 18.9. The SMILES string of the molecule is O=C(O)c1ccc(C=C(CNC2Cc3ccccc3C2)COc2cccc3ccccc23)cc1. The molecule has 5 rings (SSSR count). The number of benzene rings is 4. The maximum atomic E-state index is 11.2. The molecule has 0 amide bonds. The van der Waals surface area contributed by atoms with Crippen LogP contribution >= 0.6 is 0 Å². The van der Waals surface area contributed by atoms with Gasteiger partial charge in [-0.1, -0.05) is 78.9 Å². The van der Waals surface area contributed by atoms with Gasteiger partial charge in [0.1, 0.15) is 12.4 Å². The number of fused-ring (bicyclic) bond motifs is 2. The summed E-state index contributed by atoms with van der Waals surface area (Å²) < 4.78 is 6.29. The van der Waals surface area contributed by atoms with Gasteiger partial charge < -0.3 is 15.2 Å². The van der Waals surface area contributed by atoms with Gasteiger partial charge in [0, 0.05) is 18.0 Å². The highest BCUT2D eigenvalue weighted by Crippen LogP contribution is 2.26. The second kappa shape index (κ2) is 9.94. The van der Waals surface area contributed by atoms with Crippen LogP contribution in [0.2, 0.25) is 0 Å². The summed E-state index contributed by atoms with van der Waals surface area (Å²) in [6, 6.07) is 30.3. The van der Waals surface area contributed by atoms with E-state index in [-0.39, 0.29) is 5.56 Å². The molecule has 0 saturated heterocycles. The molecule has 0 heterocycles. The van der Waals surface area contributed by atoms with Crippen molar-refractivity contribution in [3.05, 3.63) is 119 Å². The lowest BCUT2D eigenvalue weighted by molar-refractivity contribution is 0.0697. The van der Waals surface area contributed by atoms with Gasteiger partial charge in [-0.15, -0.1) is 0 Å². The molecule has 4 aromatic carbocycles. The van der Waals surface area contributed by atoms with Gasteiger partial charge in [0.2, 0.25) is 0 Å². The first-order valence-corrected chi connectivity index (χ1v) is 11.6. The average Bonchev–Trinajstić information content (AvgIpc) is 3.29. The van der Waals surface area contributed by atoms with Crippen molar-refractivity contribution in [1.29, 1.82) is 0 Å². The Balaban J connectivity index is 1.33. The van der Waals surface area contributed by atoms with Crippen molar-refractivity contribution >= 4 is 22.8 Å². The van der Waals surface area contributed by atoms with E-state index in [0.29, 0.717) is 19.2 Å². The lowest BCUT2D eigenvalue weighted by atomic mass is 10.1. The second-order valence-corrected chi connectivity index (χ2v) is 8.75. The lowest BCUT2D eigenvalue weighted by Gasteiger charge is -2.16. The Bertz CT molecular complexity index is 1310. The van der Waals surface area contributed by atoms with Crippen molar-refractivity contribution in [2.24, 2.45) is 0 Å². The zero-order valence-electron chi connectivity index (χ0n) is 18.9. The van der Waals surface area contributed by atoms with Crippen LogP contribution in [0.1, 0.15) is 27.0 Å². The van der Waals surface area contributed by atoms with E-state index in [2.05, 4.69) is 53.9 Å². The predicted octanol–water partition coefficient (Wildman–Crippen LogP) is 5.76. The van der Waals surface area contributed by atoms with Crippen LogP contribution in [-0.4, -0.2) is 30.3 Å². The topological polar surface area (TPSA) is 58.6 Å². The molecule has 1 aliphatic rings. The molecule has 0 fully saturated rings. The van der Waals surface area contributed by atoms with Gasteiger partial charge in [0.05, 0.1) is 5.56 Å². The van der Waals surface area contributed by atoms with Crippen LogP contribution in [0.25, 0.3) is 16.8 Å². The van der Waals surface area contributed by atoms with Crippen LogP contribution in [-0.2, 0) is 12.8 Å². The first kappa shape index (κ1) is 21.9. The molecule has 4 heteroatoms. The van der Waals surface area contributed by atoms with E-state index in [0.717, 1.165) is 40.5 Å². The molecule has 0 aromatic heterocycles. The average molecular weight is 450 g/mol. The normalized spacial score (nSPS) is 13.7. The molecular formula is C30H27NO3. The highest BCUT2D eigenvalue weighted by atomic mass is 16.5. The van der Waals surface area contributed by atoms with Gasteiger partial charge in [0.25, 0.3) is 0 Å². The van der Waals surface area contributed by atoms with E-state index < -0.39 is 5.97 Å². The molecule has 0 saturated carbocycles. The highest BCUT2D eigenvalue weighted by molar-refractivity contribution is 5.88. The number of aromatic carboxylic acids is 1. The van der Waals surface area contributed by atoms with E-state index in [1.54, 1.807) is 12.1 Å². The molecule has 0 bridgehead atoms. The maximum Gasteiger partial charge on any atom is 0.335 e. The van der Waals surface area contributed by atoms with Crippen molar-refractivity contribution in [1.82, 2.24) is 5.32 Å². The van der Waals surface area contributed by atoms with E-state index >= 15 is 0 Å². The zero-order chi connectivity index (χ0) is 23.3. The molecule has 0 atom stereocenters. The summed E-state index contributed by atoms with van der Waals surface area (Å²) in [6.07, 6.45) is 4.15. The van der Waals surface area contributed by atoms with E-state index in [1.165, 1.54) is 11.1 Å². The third kappa shape index (κ3) is 5.03. The van der Waals surface area contributed by atoms with E-state index in [1.807, 2.05) is 36.4 Å². The fourth-order valence-corrected chi connectivity index (χ4v) is 4.57. The molecule has 0 spiro atoms. The summed E-state index contributed by atoms with van der Waals surface area (Å²) in [5, 5.41) is 15.1. The molecule has 34 heavy (non-hydrogen) atoms. The Morgan fingerprint density at radius 1 is 0.882 bits per heavy atom. The number of carboxylic acid groups (broad SMARTS) is 1. The Morgan fingerprint density at radius 3 is 2.29 bits per heavy atom. The first-order chi connectivity index (χ1) is 16.7. The quantitative estimate of drug-likeness (QED) is 0.359. The van der Waals surface area contributed by atoms with Gasteiger partial charge in [-0.25, -0.2) is 4.79 Å². The number of rotatable bonds is 8. The minimum Gasteiger partial charge on any atom is -0.489 e. The van der Waals surface area contributed by atoms with Crippen LogP contribution in [0.15, 0.2) is 96.6 Å². The Labute approximate surface area is 199 Å². The third-order valence-corrected chi connectivity index (χ3v) is 6.36. The smallest absolute Gasteiger partial charge is 0.335 e. The summed E-state index contributed by atoms with van der Waals surface area (Å²) in [5.41, 5.74) is 5.18. The van der Waals surface area contributed by atoms with Crippen molar-refractivity contribution < 1.29 is 14.6 Å². The number of carbonyl (C=O) groups is 1. The Morgan fingerprint density at radius 2 is 1.56 bits per heavy atom. The molecule has 0 radical (unpaired) electrons. The summed E-state index contributed by atoms with van der Waals surface area (Å²) in [6.45, 7) is 1.14. The van der Waals surface area contributed by atoms with Crippen molar-refractivity contribution in [2.75, 3.05) is 13.2 Å². The van der Waals surface area contributed by atoms with Crippen LogP contribution in [0.4, 0.5) is 0 Å². The van der Waals surface area contributed by atoms with E-state index in [4.69, 9.17) is 4.74 Å². The maximum absolute atomic E-state index is 11.2. The van der Waals surface area contributed by atoms with Crippen LogP contribution < -0.4 is 10.1 Å². The third-order valence-electron chi connectivity index (χ3n) is 6.36. The van der Waals surface area contributed by atoms with Crippen molar-refractivity contribution in [2.45, 2.75) is 18.9 Å². The summed E-state index contributed by atoms with van der Waals surface area (Å²) in [5.74, 6) is -0.0593. The molecule has 2 N–H and O–H groups in total. The number of nitrogens with one attached hydrogen (secondary N) is 1. The predicted molar refractivity (Wildman–Crippen MR) is 136 cm³/mol. The minimum absolute atomic E-state index is 0.285. The lowest BCUT2D eigenvalue weighted by Crippen LogP contribution is -2.32. The fourth-order valence-electron chi connectivity index (χ4n) is 4.57. The number of ether oxygens (including phenoxy) is 1. The highest BCUT2D eigenvalue weighted by Gasteiger charge is 2.20. The molecule has 4 aromatic rings.